The van der Waals surface area contributed by atoms with Gasteiger partial charge in [-0.2, -0.15) is 0 Å². The highest BCUT2D eigenvalue weighted by Crippen LogP contribution is 2.20. The molecule has 0 aromatic heterocycles. The SMILES string of the molecule is CC1CCCN(CC(=O)NC(=O)Nc2ccccc2Cl)C1. The van der Waals surface area contributed by atoms with Gasteiger partial charge in [0.2, 0.25) is 5.91 Å². The number of nitrogens with one attached hydrogen (secondary N) is 2. The Bertz CT molecular complexity index is 521. The summed E-state index contributed by atoms with van der Waals surface area (Å²) < 4.78 is 0. The Morgan fingerprint density at radius 1 is 1.38 bits per heavy atom. The van der Waals surface area contributed by atoms with E-state index in [1.165, 1.54) is 6.42 Å². The van der Waals surface area contributed by atoms with Crippen molar-refractivity contribution in [3.63, 3.8) is 0 Å². The number of urea groups is 1. The third-order valence-electron chi connectivity index (χ3n) is 3.48. The maximum Gasteiger partial charge on any atom is 0.325 e. The molecule has 2 rings (SSSR count). The van der Waals surface area contributed by atoms with E-state index in [9.17, 15) is 9.59 Å². The minimum Gasteiger partial charge on any atom is -0.306 e. The number of benzene rings is 1. The molecule has 0 radical (unpaired) electrons. The zero-order chi connectivity index (χ0) is 15.2. The number of nitrogens with zero attached hydrogens (tertiary/aromatic N) is 1. The quantitative estimate of drug-likeness (QED) is 0.902. The van der Waals surface area contributed by atoms with Crippen molar-refractivity contribution in [2.45, 2.75) is 19.8 Å². The summed E-state index contributed by atoms with van der Waals surface area (Å²) in [5, 5.41) is 5.33. The first kappa shape index (κ1) is 15.8. The zero-order valence-electron chi connectivity index (χ0n) is 12.1. The number of anilines is 1. The van der Waals surface area contributed by atoms with Crippen LogP contribution in [0.15, 0.2) is 24.3 Å². The van der Waals surface area contributed by atoms with Crippen LogP contribution in [0.3, 0.4) is 0 Å². The average Bonchev–Trinajstić information content (AvgIpc) is 2.41. The maximum atomic E-state index is 11.9. The molecule has 5 nitrogen and oxygen atoms in total. The second-order valence-electron chi connectivity index (χ2n) is 5.46. The van der Waals surface area contributed by atoms with Crippen molar-refractivity contribution in [1.29, 1.82) is 0 Å². The monoisotopic (exact) mass is 309 g/mol. The van der Waals surface area contributed by atoms with Gasteiger partial charge in [-0.1, -0.05) is 30.7 Å². The van der Waals surface area contributed by atoms with E-state index in [1.54, 1.807) is 24.3 Å². The summed E-state index contributed by atoms with van der Waals surface area (Å²) in [6.07, 6.45) is 2.30. The van der Waals surface area contributed by atoms with Gasteiger partial charge in [-0.3, -0.25) is 15.0 Å². The predicted molar refractivity (Wildman–Crippen MR) is 83.5 cm³/mol. The Morgan fingerprint density at radius 2 is 2.14 bits per heavy atom. The van der Waals surface area contributed by atoms with E-state index in [1.807, 2.05) is 0 Å². The van der Waals surface area contributed by atoms with Crippen LogP contribution in [0.4, 0.5) is 10.5 Å². The standard InChI is InChI=1S/C15H20ClN3O2/c1-11-5-4-8-19(9-11)10-14(20)18-15(21)17-13-7-3-2-6-12(13)16/h2-3,6-7,11H,4-5,8-10H2,1H3,(H2,17,18,20,21). The summed E-state index contributed by atoms with van der Waals surface area (Å²) in [6, 6.07) is 6.33. The molecule has 3 amide bonds. The maximum absolute atomic E-state index is 11.9. The fourth-order valence-corrected chi connectivity index (χ4v) is 2.70. The molecule has 1 aromatic carbocycles. The molecular formula is C15H20ClN3O2. The number of amides is 3. The van der Waals surface area contributed by atoms with Crippen LogP contribution in [-0.4, -0.2) is 36.5 Å². The smallest absolute Gasteiger partial charge is 0.306 e. The Balaban J connectivity index is 1.79. The zero-order valence-corrected chi connectivity index (χ0v) is 12.8. The molecule has 1 aliphatic heterocycles. The summed E-state index contributed by atoms with van der Waals surface area (Å²) in [4.78, 5) is 25.7. The number of piperidine rings is 1. The van der Waals surface area contributed by atoms with E-state index in [0.717, 1.165) is 19.5 Å². The minimum absolute atomic E-state index is 0.250. The van der Waals surface area contributed by atoms with Gasteiger partial charge in [0.1, 0.15) is 0 Å². The average molecular weight is 310 g/mol. The lowest BCUT2D eigenvalue weighted by Gasteiger charge is -2.29. The molecule has 0 spiro atoms. The van der Waals surface area contributed by atoms with Gasteiger partial charge in [0.15, 0.2) is 0 Å². The first-order valence-electron chi connectivity index (χ1n) is 7.12. The summed E-state index contributed by atoms with van der Waals surface area (Å²) in [5.74, 6) is 0.303. The molecule has 114 valence electrons. The van der Waals surface area contributed by atoms with Crippen LogP contribution in [0, 0.1) is 5.92 Å². The summed E-state index contributed by atoms with van der Waals surface area (Å²) in [5.41, 5.74) is 0.482. The molecule has 1 heterocycles. The number of hydrogen-bond acceptors (Lipinski definition) is 3. The lowest BCUT2D eigenvalue weighted by Crippen LogP contribution is -2.44. The third kappa shape index (κ3) is 5.02. The number of halogens is 1. The van der Waals surface area contributed by atoms with Crippen LogP contribution in [0.2, 0.25) is 5.02 Å². The number of imide groups is 1. The van der Waals surface area contributed by atoms with E-state index in [2.05, 4.69) is 22.5 Å². The molecule has 1 aliphatic rings. The fourth-order valence-electron chi connectivity index (χ4n) is 2.52. The molecule has 1 atom stereocenters. The molecule has 0 aliphatic carbocycles. The third-order valence-corrected chi connectivity index (χ3v) is 3.81. The van der Waals surface area contributed by atoms with Gasteiger partial charge in [0.25, 0.3) is 0 Å². The Hall–Kier alpha value is -1.59. The molecule has 2 N–H and O–H groups in total. The minimum atomic E-state index is -0.557. The molecule has 1 saturated heterocycles. The van der Waals surface area contributed by atoms with Gasteiger partial charge in [-0.25, -0.2) is 4.79 Å². The van der Waals surface area contributed by atoms with E-state index >= 15 is 0 Å². The summed E-state index contributed by atoms with van der Waals surface area (Å²) in [6.45, 7) is 4.23. The summed E-state index contributed by atoms with van der Waals surface area (Å²) in [7, 11) is 0. The van der Waals surface area contributed by atoms with E-state index in [4.69, 9.17) is 11.6 Å². The molecule has 1 aromatic rings. The molecule has 21 heavy (non-hydrogen) atoms. The number of rotatable bonds is 3. The van der Waals surface area contributed by atoms with Crippen molar-refractivity contribution in [2.24, 2.45) is 5.92 Å². The van der Waals surface area contributed by atoms with Gasteiger partial charge in [-0.05, 0) is 37.4 Å². The van der Waals surface area contributed by atoms with Crippen molar-refractivity contribution in [1.82, 2.24) is 10.2 Å². The van der Waals surface area contributed by atoms with Gasteiger partial charge in [0.05, 0.1) is 17.3 Å². The van der Waals surface area contributed by atoms with Crippen LogP contribution < -0.4 is 10.6 Å². The van der Waals surface area contributed by atoms with E-state index < -0.39 is 6.03 Å². The molecule has 0 saturated carbocycles. The van der Waals surface area contributed by atoms with Gasteiger partial charge in [0, 0.05) is 6.54 Å². The largest absolute Gasteiger partial charge is 0.325 e. The van der Waals surface area contributed by atoms with Crippen LogP contribution in [0.5, 0.6) is 0 Å². The van der Waals surface area contributed by atoms with Crippen LogP contribution >= 0.6 is 11.6 Å². The fraction of sp³-hybridized carbons (Fsp3) is 0.467. The first-order chi connectivity index (χ1) is 10.0. The number of para-hydroxylation sites is 1. The Kier molecular flexibility index (Phi) is 5.59. The van der Waals surface area contributed by atoms with Crippen LogP contribution in [0.25, 0.3) is 0 Å². The molecule has 6 heteroatoms. The van der Waals surface area contributed by atoms with E-state index in [-0.39, 0.29) is 12.5 Å². The molecular weight excluding hydrogens is 290 g/mol. The topological polar surface area (TPSA) is 61.4 Å². The second kappa shape index (κ2) is 7.43. The normalized spacial score (nSPS) is 19.0. The second-order valence-corrected chi connectivity index (χ2v) is 5.87. The van der Waals surface area contributed by atoms with Crippen LogP contribution in [0.1, 0.15) is 19.8 Å². The van der Waals surface area contributed by atoms with Gasteiger partial charge in [-0.15, -0.1) is 0 Å². The van der Waals surface area contributed by atoms with Crippen molar-refractivity contribution in [3.05, 3.63) is 29.3 Å². The first-order valence-corrected chi connectivity index (χ1v) is 7.50. The van der Waals surface area contributed by atoms with Crippen molar-refractivity contribution in [2.75, 3.05) is 25.0 Å². The van der Waals surface area contributed by atoms with Crippen molar-refractivity contribution in [3.8, 4) is 0 Å². The highest BCUT2D eigenvalue weighted by Gasteiger charge is 2.19. The Morgan fingerprint density at radius 3 is 2.86 bits per heavy atom. The molecule has 0 bridgehead atoms. The van der Waals surface area contributed by atoms with Gasteiger partial charge >= 0.3 is 6.03 Å². The lowest BCUT2D eigenvalue weighted by molar-refractivity contribution is -0.121. The van der Waals surface area contributed by atoms with Gasteiger partial charge < -0.3 is 5.32 Å². The van der Waals surface area contributed by atoms with Crippen molar-refractivity contribution >= 4 is 29.2 Å². The number of likely N-dealkylation sites (tertiary alicyclic amines) is 1. The van der Waals surface area contributed by atoms with Crippen LogP contribution in [-0.2, 0) is 4.79 Å². The highest BCUT2D eigenvalue weighted by atomic mass is 35.5. The summed E-state index contributed by atoms with van der Waals surface area (Å²) >= 11 is 5.94. The number of carbonyl (C=O) groups is 2. The molecule has 1 fully saturated rings. The van der Waals surface area contributed by atoms with Crippen molar-refractivity contribution < 1.29 is 9.59 Å². The number of carbonyl (C=O) groups excluding carboxylic acids is 2. The van der Waals surface area contributed by atoms with E-state index in [0.29, 0.717) is 16.6 Å². The highest BCUT2D eigenvalue weighted by molar-refractivity contribution is 6.33. The number of hydrogen-bond donors (Lipinski definition) is 2. The predicted octanol–water partition coefficient (Wildman–Crippen LogP) is 2.72. The Labute approximate surface area is 129 Å². The lowest BCUT2D eigenvalue weighted by atomic mass is 10.0. The molecule has 1 unspecified atom stereocenters.